The van der Waals surface area contributed by atoms with E-state index >= 15 is 4.39 Å². The molecule has 170 valence electrons. The molecule has 0 spiro atoms. The number of hydrogen-bond donors (Lipinski definition) is 0. The molecular weight excluding hydrogens is 442 g/mol. The van der Waals surface area contributed by atoms with Gasteiger partial charge >= 0.3 is 0 Å². The normalized spacial score (nSPS) is 11.4. The number of benzene rings is 3. The first-order valence-corrected chi connectivity index (χ1v) is 11.3. The van der Waals surface area contributed by atoms with Gasteiger partial charge < -0.3 is 4.42 Å². The maximum Gasteiger partial charge on any atom is 0.230 e. The van der Waals surface area contributed by atoms with E-state index in [1.807, 2.05) is 85.3 Å². The van der Waals surface area contributed by atoms with Gasteiger partial charge in [0, 0.05) is 28.5 Å². The molecule has 0 radical (unpaired) electrons. The van der Waals surface area contributed by atoms with Gasteiger partial charge in [-0.25, -0.2) is 8.96 Å². The van der Waals surface area contributed by atoms with Gasteiger partial charge in [-0.05, 0) is 41.3 Å². The van der Waals surface area contributed by atoms with E-state index in [4.69, 9.17) is 4.42 Å². The molecule has 3 nitrogen and oxygen atoms in total. The minimum absolute atomic E-state index is 0.214. The second kappa shape index (κ2) is 8.13. The van der Waals surface area contributed by atoms with Crippen LogP contribution >= 0.6 is 0 Å². The highest BCUT2D eigenvalue weighted by Gasteiger charge is 2.23. The minimum atomic E-state index is -0.601. The molecule has 0 aliphatic heterocycles. The Morgan fingerprint density at radius 3 is 2.37 bits per heavy atom. The molecule has 3 aromatic carbocycles. The summed E-state index contributed by atoms with van der Waals surface area (Å²) >= 11 is 0. The molecule has 6 rings (SSSR count). The Kier molecular flexibility index (Phi) is 4.92. The van der Waals surface area contributed by atoms with Gasteiger partial charge in [-0.15, -0.1) is 0 Å². The van der Waals surface area contributed by atoms with Gasteiger partial charge in [0.2, 0.25) is 17.4 Å². The molecule has 0 bridgehead atoms. The summed E-state index contributed by atoms with van der Waals surface area (Å²) < 4.78 is 37.3. The van der Waals surface area contributed by atoms with Crippen molar-refractivity contribution in [1.29, 1.82) is 0 Å². The van der Waals surface area contributed by atoms with Crippen molar-refractivity contribution in [3.8, 4) is 33.5 Å². The number of aromatic nitrogens is 2. The average Bonchev–Trinajstić information content (AvgIpc) is 3.23. The summed E-state index contributed by atoms with van der Waals surface area (Å²) in [6.07, 6.45) is 1.67. The molecule has 0 N–H and O–H groups in total. The Hall–Kier alpha value is -4.38. The van der Waals surface area contributed by atoms with Crippen molar-refractivity contribution in [2.75, 3.05) is 0 Å². The van der Waals surface area contributed by atoms with E-state index in [1.54, 1.807) is 12.3 Å². The summed E-state index contributed by atoms with van der Waals surface area (Å²) in [7, 11) is 1.85. The second-order valence-corrected chi connectivity index (χ2v) is 8.70. The van der Waals surface area contributed by atoms with Crippen molar-refractivity contribution in [1.82, 2.24) is 4.98 Å². The minimum Gasteiger partial charge on any atom is -0.437 e. The van der Waals surface area contributed by atoms with Crippen molar-refractivity contribution in [2.24, 2.45) is 7.05 Å². The summed E-state index contributed by atoms with van der Waals surface area (Å²) in [4.78, 5) is 4.18. The Balaban J connectivity index is 1.57. The number of rotatable bonds is 3. The molecule has 0 saturated carbocycles. The Morgan fingerprint density at radius 1 is 0.771 bits per heavy atom. The zero-order valence-electron chi connectivity index (χ0n) is 19.2. The van der Waals surface area contributed by atoms with Gasteiger partial charge in [0.25, 0.3) is 0 Å². The van der Waals surface area contributed by atoms with E-state index in [0.29, 0.717) is 22.2 Å². The average molecular weight is 464 g/mol. The summed E-state index contributed by atoms with van der Waals surface area (Å²) in [6.45, 7) is 1.95. The standard InChI is InChI=1S/C30H21F2N2O/c1-18-11-12-23-25-17-24(21-10-6-9-20(15-21)19-7-4-3-5-8-19)29(32)33-30(25)35-28(23)27(18)26-16-22(31)13-14-34(26)2/h3-17H,1-2H3/q+1. The summed E-state index contributed by atoms with van der Waals surface area (Å²) in [5.74, 6) is -0.938. The highest BCUT2D eigenvalue weighted by Crippen LogP contribution is 2.38. The van der Waals surface area contributed by atoms with Crippen LogP contribution in [0.15, 0.2) is 95.5 Å². The fourth-order valence-corrected chi connectivity index (χ4v) is 4.65. The van der Waals surface area contributed by atoms with Gasteiger partial charge in [-0.1, -0.05) is 60.7 Å². The quantitative estimate of drug-likeness (QED) is 0.202. The molecule has 0 atom stereocenters. The largest absolute Gasteiger partial charge is 0.437 e. The maximum absolute atomic E-state index is 15.3. The Morgan fingerprint density at radius 2 is 1.54 bits per heavy atom. The first-order chi connectivity index (χ1) is 17.0. The number of fused-ring (bicyclic) bond motifs is 3. The van der Waals surface area contributed by atoms with Crippen LogP contribution in [0.2, 0.25) is 0 Å². The molecule has 0 unspecified atom stereocenters. The fourth-order valence-electron chi connectivity index (χ4n) is 4.65. The number of hydrogen-bond acceptors (Lipinski definition) is 2. The maximum atomic E-state index is 15.3. The van der Waals surface area contributed by atoms with Gasteiger partial charge in [-0.3, -0.25) is 0 Å². The first kappa shape index (κ1) is 21.2. The SMILES string of the molecule is Cc1ccc2c(oc3nc(F)c(-c4cccc(-c5ccccc5)c4)cc32)c1-c1cc(F)cc[n+]1C. The third-order valence-electron chi connectivity index (χ3n) is 6.44. The van der Waals surface area contributed by atoms with E-state index in [-0.39, 0.29) is 11.5 Å². The predicted octanol–water partition coefficient (Wildman–Crippen LogP) is 7.39. The van der Waals surface area contributed by atoms with Crippen molar-refractivity contribution in [2.45, 2.75) is 6.92 Å². The van der Waals surface area contributed by atoms with Crippen molar-refractivity contribution >= 4 is 22.1 Å². The third kappa shape index (κ3) is 3.56. The van der Waals surface area contributed by atoms with Gasteiger partial charge in [-0.2, -0.15) is 9.37 Å². The monoisotopic (exact) mass is 463 g/mol. The van der Waals surface area contributed by atoms with Gasteiger partial charge in [0.1, 0.15) is 12.9 Å². The van der Waals surface area contributed by atoms with Crippen LogP contribution in [0.4, 0.5) is 8.78 Å². The smallest absolute Gasteiger partial charge is 0.230 e. The van der Waals surface area contributed by atoms with Crippen LogP contribution in [0, 0.1) is 18.7 Å². The molecule has 6 aromatic rings. The highest BCUT2D eigenvalue weighted by atomic mass is 19.1. The highest BCUT2D eigenvalue weighted by molar-refractivity contribution is 6.09. The lowest BCUT2D eigenvalue weighted by Gasteiger charge is -2.07. The summed E-state index contributed by atoms with van der Waals surface area (Å²) in [5, 5.41) is 1.51. The van der Waals surface area contributed by atoms with E-state index in [0.717, 1.165) is 33.2 Å². The zero-order valence-corrected chi connectivity index (χ0v) is 19.2. The van der Waals surface area contributed by atoms with Crippen LogP contribution in [0.5, 0.6) is 0 Å². The number of halogens is 2. The van der Waals surface area contributed by atoms with Gasteiger partial charge in [0.15, 0.2) is 11.8 Å². The number of pyridine rings is 2. The van der Waals surface area contributed by atoms with Crippen LogP contribution in [-0.4, -0.2) is 4.98 Å². The molecular formula is C30H21F2N2O+. The zero-order chi connectivity index (χ0) is 24.1. The van der Waals surface area contributed by atoms with E-state index in [9.17, 15) is 4.39 Å². The van der Waals surface area contributed by atoms with Gasteiger partial charge in [0.05, 0.1) is 5.56 Å². The second-order valence-electron chi connectivity index (χ2n) is 8.70. The van der Waals surface area contributed by atoms with Crippen molar-refractivity contribution < 1.29 is 17.8 Å². The van der Waals surface area contributed by atoms with Crippen LogP contribution in [-0.2, 0) is 7.05 Å². The van der Waals surface area contributed by atoms with E-state index < -0.39 is 5.95 Å². The summed E-state index contributed by atoms with van der Waals surface area (Å²) in [6, 6.07) is 26.3. The van der Waals surface area contributed by atoms with Crippen LogP contribution in [0.3, 0.4) is 0 Å². The fraction of sp³-hybridized carbons (Fsp3) is 0.0667. The van der Waals surface area contributed by atoms with Crippen LogP contribution in [0.25, 0.3) is 55.6 Å². The first-order valence-electron chi connectivity index (χ1n) is 11.3. The Bertz CT molecular complexity index is 1740. The lowest BCUT2D eigenvalue weighted by molar-refractivity contribution is -0.660. The molecule has 35 heavy (non-hydrogen) atoms. The van der Waals surface area contributed by atoms with Crippen molar-refractivity contribution in [3.63, 3.8) is 0 Å². The summed E-state index contributed by atoms with van der Waals surface area (Å²) in [5.41, 5.74) is 6.31. The topological polar surface area (TPSA) is 29.9 Å². The molecule has 0 saturated heterocycles. The number of nitrogens with zero attached hydrogens (tertiary/aromatic N) is 2. The van der Waals surface area contributed by atoms with Crippen LogP contribution in [0.1, 0.15) is 5.56 Å². The molecule has 5 heteroatoms. The van der Waals surface area contributed by atoms with E-state index in [2.05, 4.69) is 4.98 Å². The number of furan rings is 1. The molecule has 3 aromatic heterocycles. The predicted molar refractivity (Wildman–Crippen MR) is 134 cm³/mol. The Labute approximate surface area is 200 Å². The molecule has 0 amide bonds. The van der Waals surface area contributed by atoms with Crippen molar-refractivity contribution in [3.05, 3.63) is 108 Å². The lowest BCUT2D eigenvalue weighted by atomic mass is 9.98. The molecule has 3 heterocycles. The van der Waals surface area contributed by atoms with E-state index in [1.165, 1.54) is 12.1 Å². The number of aryl methyl sites for hydroxylation is 2. The lowest BCUT2D eigenvalue weighted by Crippen LogP contribution is -2.30. The molecule has 0 aliphatic carbocycles. The third-order valence-corrected chi connectivity index (χ3v) is 6.44. The molecule has 0 fully saturated rings. The van der Waals surface area contributed by atoms with Crippen LogP contribution < -0.4 is 4.57 Å². The molecule has 0 aliphatic rings.